The summed E-state index contributed by atoms with van der Waals surface area (Å²) in [4.78, 5) is 24.1. The Balaban J connectivity index is 1.66. The van der Waals surface area contributed by atoms with Crippen LogP contribution in [0.25, 0.3) is 0 Å². The molecule has 0 spiro atoms. The van der Waals surface area contributed by atoms with Gasteiger partial charge in [-0.15, -0.1) is 0 Å². The highest BCUT2D eigenvalue weighted by Gasteiger charge is 2.12. The van der Waals surface area contributed by atoms with Crippen LogP contribution in [0, 0.1) is 0 Å². The zero-order chi connectivity index (χ0) is 18.8. The van der Waals surface area contributed by atoms with Gasteiger partial charge in [-0.05, 0) is 42.8 Å². The van der Waals surface area contributed by atoms with Gasteiger partial charge in [0.15, 0.2) is 12.4 Å². The lowest BCUT2D eigenvalue weighted by Gasteiger charge is -2.09. The molecule has 1 aromatic heterocycles. The number of hydrogen-bond acceptors (Lipinski definition) is 6. The normalized spacial score (nSPS) is 10.2. The quantitative estimate of drug-likeness (QED) is 0.480. The molecule has 0 fully saturated rings. The zero-order valence-corrected chi connectivity index (χ0v) is 15.3. The Morgan fingerprint density at radius 2 is 1.81 bits per heavy atom. The average molecular weight is 375 g/mol. The first kappa shape index (κ1) is 19.7. The van der Waals surface area contributed by atoms with Crippen molar-refractivity contribution in [1.29, 1.82) is 0 Å². The number of carbonyl (C=O) groups excluding carboxylic acids is 2. The number of thiocarbonyl (C=S) groups is 1. The van der Waals surface area contributed by atoms with Gasteiger partial charge in [-0.3, -0.25) is 9.59 Å². The third-order valence-electron chi connectivity index (χ3n) is 3.30. The number of hydrogen-bond donors (Lipinski definition) is 1. The van der Waals surface area contributed by atoms with Gasteiger partial charge in [0.05, 0.1) is 12.9 Å². The lowest BCUT2D eigenvalue weighted by atomic mass is 10.2. The van der Waals surface area contributed by atoms with Crippen LogP contribution in [0.3, 0.4) is 0 Å². The number of benzene rings is 1. The highest BCUT2D eigenvalue weighted by molar-refractivity contribution is 7.80. The minimum Gasteiger partial charge on any atom is -0.494 e. The highest BCUT2D eigenvalue weighted by Crippen LogP contribution is 2.17. The second-order valence-corrected chi connectivity index (χ2v) is 6.08. The number of amides is 1. The summed E-state index contributed by atoms with van der Waals surface area (Å²) < 4.78 is 15.9. The first-order valence-electron chi connectivity index (χ1n) is 8.29. The largest absolute Gasteiger partial charge is 0.494 e. The van der Waals surface area contributed by atoms with Crippen molar-refractivity contribution in [2.75, 3.05) is 19.8 Å². The number of ketones is 1. The summed E-state index contributed by atoms with van der Waals surface area (Å²) in [6, 6.07) is 10.3. The zero-order valence-electron chi connectivity index (χ0n) is 14.5. The number of furan rings is 1. The van der Waals surface area contributed by atoms with Gasteiger partial charge in [-0.1, -0.05) is 19.1 Å². The van der Waals surface area contributed by atoms with Gasteiger partial charge in [0, 0.05) is 17.8 Å². The summed E-state index contributed by atoms with van der Waals surface area (Å²) in [6.07, 6.45) is 2.41. The number of Topliss-reactive ketones (excluding diaryl/α,β-unsaturated/α-hetero) is 1. The molecule has 0 aliphatic carbocycles. The predicted molar refractivity (Wildman–Crippen MR) is 101 cm³/mol. The maximum atomic E-state index is 11.8. The van der Waals surface area contributed by atoms with Crippen LogP contribution < -0.4 is 14.8 Å². The van der Waals surface area contributed by atoms with Crippen molar-refractivity contribution in [1.82, 2.24) is 5.32 Å². The molecule has 26 heavy (non-hydrogen) atoms. The molecule has 2 aromatic rings. The fraction of sp³-hybridized carbons (Fsp3) is 0.316. The second kappa shape index (κ2) is 10.4. The van der Waals surface area contributed by atoms with E-state index in [2.05, 4.69) is 5.32 Å². The van der Waals surface area contributed by atoms with Crippen LogP contribution in [0.5, 0.6) is 11.5 Å². The topological polar surface area (TPSA) is 77.8 Å². The van der Waals surface area contributed by atoms with Gasteiger partial charge < -0.3 is 19.2 Å². The fourth-order valence-corrected chi connectivity index (χ4v) is 2.22. The van der Waals surface area contributed by atoms with Gasteiger partial charge in [0.25, 0.3) is 5.91 Å². The number of carbonyl (C=O) groups is 2. The van der Waals surface area contributed by atoms with E-state index in [9.17, 15) is 9.59 Å². The Labute approximate surface area is 157 Å². The van der Waals surface area contributed by atoms with Gasteiger partial charge in [0.2, 0.25) is 5.78 Å². The molecule has 1 amide bonds. The van der Waals surface area contributed by atoms with Crippen LogP contribution in [-0.2, 0) is 4.79 Å². The van der Waals surface area contributed by atoms with E-state index >= 15 is 0 Å². The second-order valence-electron chi connectivity index (χ2n) is 5.50. The van der Waals surface area contributed by atoms with E-state index in [0.29, 0.717) is 17.2 Å². The summed E-state index contributed by atoms with van der Waals surface area (Å²) in [5, 5.41) is 2.63. The summed E-state index contributed by atoms with van der Waals surface area (Å²) >= 11 is 5.12. The summed E-state index contributed by atoms with van der Waals surface area (Å²) in [7, 11) is 0. The van der Waals surface area contributed by atoms with Crippen LogP contribution in [-0.4, -0.2) is 36.3 Å². The molecule has 0 aliphatic rings. The van der Waals surface area contributed by atoms with E-state index in [-0.39, 0.29) is 37.0 Å². The molecule has 6 nitrogen and oxygen atoms in total. The predicted octanol–water partition coefficient (Wildman–Crippen LogP) is 3.21. The molecule has 1 heterocycles. The summed E-state index contributed by atoms with van der Waals surface area (Å²) in [5.41, 5.74) is 0. The first-order chi connectivity index (χ1) is 12.6. The molecule has 0 bridgehead atoms. The molecule has 0 unspecified atom stereocenters. The monoisotopic (exact) mass is 375 g/mol. The Kier molecular flexibility index (Phi) is 7.82. The third-order valence-corrected chi connectivity index (χ3v) is 3.59. The van der Waals surface area contributed by atoms with Gasteiger partial charge in [-0.2, -0.15) is 0 Å². The van der Waals surface area contributed by atoms with Crippen molar-refractivity contribution in [3.63, 3.8) is 0 Å². The Bertz CT molecular complexity index is 725. The van der Waals surface area contributed by atoms with Gasteiger partial charge in [-0.25, -0.2) is 0 Å². The van der Waals surface area contributed by atoms with Gasteiger partial charge in [0.1, 0.15) is 11.5 Å². The molecule has 7 heteroatoms. The minimum atomic E-state index is -0.316. The van der Waals surface area contributed by atoms with E-state index in [4.69, 9.17) is 26.1 Å². The van der Waals surface area contributed by atoms with Gasteiger partial charge >= 0.3 is 0 Å². The van der Waals surface area contributed by atoms with Crippen LogP contribution in [0.15, 0.2) is 47.1 Å². The van der Waals surface area contributed by atoms with Crippen LogP contribution >= 0.6 is 12.2 Å². The molecule has 0 aliphatic heterocycles. The molecule has 0 saturated heterocycles. The van der Waals surface area contributed by atoms with Crippen molar-refractivity contribution in [2.45, 2.75) is 19.8 Å². The summed E-state index contributed by atoms with van der Waals surface area (Å²) in [6.45, 7) is 2.69. The summed E-state index contributed by atoms with van der Waals surface area (Å²) in [5.74, 6) is 1.06. The van der Waals surface area contributed by atoms with E-state index in [1.807, 2.05) is 6.92 Å². The van der Waals surface area contributed by atoms with Crippen molar-refractivity contribution in [3.05, 3.63) is 48.4 Å². The van der Waals surface area contributed by atoms with Crippen LogP contribution in [0.4, 0.5) is 0 Å². The van der Waals surface area contributed by atoms with Crippen molar-refractivity contribution in [2.24, 2.45) is 0 Å². The smallest absolute Gasteiger partial charge is 0.258 e. The molecule has 0 atom stereocenters. The maximum absolute atomic E-state index is 11.8. The first-order valence-corrected chi connectivity index (χ1v) is 8.70. The van der Waals surface area contributed by atoms with E-state index in [1.54, 1.807) is 36.4 Å². The fourth-order valence-electron chi connectivity index (χ4n) is 2.02. The lowest BCUT2D eigenvalue weighted by molar-refractivity contribution is -0.122. The van der Waals surface area contributed by atoms with Crippen LogP contribution in [0.2, 0.25) is 0 Å². The number of rotatable bonds is 11. The van der Waals surface area contributed by atoms with Crippen molar-refractivity contribution in [3.8, 4) is 11.5 Å². The Morgan fingerprint density at radius 3 is 2.42 bits per heavy atom. The molecule has 0 radical (unpaired) electrons. The molecule has 1 aromatic carbocycles. The minimum absolute atomic E-state index is 0.0448. The molecule has 138 valence electrons. The van der Waals surface area contributed by atoms with Crippen LogP contribution in [0.1, 0.15) is 30.3 Å². The van der Waals surface area contributed by atoms with Crippen molar-refractivity contribution >= 4 is 28.8 Å². The Morgan fingerprint density at radius 1 is 1.12 bits per heavy atom. The maximum Gasteiger partial charge on any atom is 0.258 e. The molecule has 1 N–H and O–H groups in total. The van der Waals surface area contributed by atoms with E-state index in [0.717, 1.165) is 12.2 Å². The molecule has 2 rings (SSSR count). The molecular weight excluding hydrogens is 354 g/mol. The molecular formula is C19H21NO5S. The SMILES string of the molecule is CCCOc1ccc(OCC(=O)NCC(=S)CC(=O)c2ccco2)cc1. The standard InChI is InChI=1S/C19H21NO5S/c1-2-9-23-14-5-7-15(8-6-14)25-13-19(22)20-12-16(26)11-17(21)18-4-3-10-24-18/h3-8,10H,2,9,11-13H2,1H3,(H,20,22). The van der Waals surface area contributed by atoms with Crippen molar-refractivity contribution < 1.29 is 23.5 Å². The number of ether oxygens (including phenoxy) is 2. The molecule has 0 saturated carbocycles. The van der Waals surface area contributed by atoms with E-state index < -0.39 is 0 Å². The lowest BCUT2D eigenvalue weighted by Crippen LogP contribution is -2.33. The van der Waals surface area contributed by atoms with E-state index in [1.165, 1.54) is 6.26 Å². The third kappa shape index (κ3) is 6.68. The Hall–Kier alpha value is -2.67. The highest BCUT2D eigenvalue weighted by atomic mass is 32.1. The average Bonchev–Trinajstić information content (AvgIpc) is 3.18. The number of nitrogens with one attached hydrogen (secondary N) is 1.